The third-order valence-electron chi connectivity index (χ3n) is 4.23. The lowest BCUT2D eigenvalue weighted by Crippen LogP contribution is -2.25. The second-order valence-corrected chi connectivity index (χ2v) is 6.05. The zero-order valence-electron chi connectivity index (χ0n) is 14.2. The molecular formula is C19H21N3O2. The first-order valence-corrected chi connectivity index (χ1v) is 8.01. The van der Waals surface area contributed by atoms with Crippen LogP contribution >= 0.6 is 0 Å². The van der Waals surface area contributed by atoms with Crippen molar-refractivity contribution in [1.82, 2.24) is 0 Å². The maximum atomic E-state index is 12.4. The minimum Gasteiger partial charge on any atom is -0.378 e. The Labute approximate surface area is 141 Å². The lowest BCUT2D eigenvalue weighted by Gasteiger charge is -2.15. The Morgan fingerprint density at radius 3 is 2.50 bits per heavy atom. The van der Waals surface area contributed by atoms with Gasteiger partial charge in [0.05, 0.1) is 6.42 Å². The summed E-state index contributed by atoms with van der Waals surface area (Å²) < 4.78 is 0. The van der Waals surface area contributed by atoms with Crippen LogP contribution in [0.25, 0.3) is 0 Å². The van der Waals surface area contributed by atoms with E-state index in [2.05, 4.69) is 5.32 Å². The monoisotopic (exact) mass is 323 g/mol. The molecule has 5 heteroatoms. The summed E-state index contributed by atoms with van der Waals surface area (Å²) in [6.45, 7) is 2.62. The van der Waals surface area contributed by atoms with Gasteiger partial charge in [-0.15, -0.1) is 0 Å². The van der Waals surface area contributed by atoms with E-state index in [1.54, 1.807) is 17.0 Å². The van der Waals surface area contributed by atoms with E-state index in [9.17, 15) is 9.59 Å². The molecule has 0 aromatic heterocycles. The van der Waals surface area contributed by atoms with Crippen molar-refractivity contribution < 1.29 is 9.59 Å². The maximum Gasteiger partial charge on any atom is 0.255 e. The van der Waals surface area contributed by atoms with Gasteiger partial charge in [-0.05, 0) is 55.0 Å². The second-order valence-electron chi connectivity index (χ2n) is 6.05. The molecular weight excluding hydrogens is 302 g/mol. The zero-order chi connectivity index (χ0) is 17.3. The SMILES string of the molecule is CCN1C(=O)Cc2cc(NC(=O)c3ccc(N(C)C)cc3)ccc21. The van der Waals surface area contributed by atoms with E-state index in [-0.39, 0.29) is 11.8 Å². The van der Waals surface area contributed by atoms with Gasteiger partial charge in [0.15, 0.2) is 0 Å². The highest BCUT2D eigenvalue weighted by Crippen LogP contribution is 2.31. The molecule has 5 nitrogen and oxygen atoms in total. The third-order valence-corrected chi connectivity index (χ3v) is 4.23. The number of benzene rings is 2. The number of anilines is 3. The number of carbonyl (C=O) groups is 2. The fourth-order valence-electron chi connectivity index (χ4n) is 2.92. The van der Waals surface area contributed by atoms with Gasteiger partial charge in [0.25, 0.3) is 5.91 Å². The molecule has 2 amide bonds. The van der Waals surface area contributed by atoms with Crippen molar-refractivity contribution in [3.8, 4) is 0 Å². The number of likely N-dealkylation sites (N-methyl/N-ethyl adjacent to an activating group) is 1. The van der Waals surface area contributed by atoms with Gasteiger partial charge in [0.2, 0.25) is 5.91 Å². The van der Waals surface area contributed by atoms with Gasteiger partial charge < -0.3 is 15.1 Å². The van der Waals surface area contributed by atoms with E-state index < -0.39 is 0 Å². The first-order valence-electron chi connectivity index (χ1n) is 8.01. The molecule has 2 aromatic carbocycles. The molecule has 0 unspecified atom stereocenters. The molecule has 1 N–H and O–H groups in total. The summed E-state index contributed by atoms with van der Waals surface area (Å²) in [6.07, 6.45) is 0.393. The van der Waals surface area contributed by atoms with Gasteiger partial charge in [-0.1, -0.05) is 0 Å². The van der Waals surface area contributed by atoms with Crippen molar-refractivity contribution >= 4 is 28.9 Å². The molecule has 0 fully saturated rings. The van der Waals surface area contributed by atoms with E-state index >= 15 is 0 Å². The van der Waals surface area contributed by atoms with Gasteiger partial charge in [-0.3, -0.25) is 9.59 Å². The van der Waals surface area contributed by atoms with Crippen molar-refractivity contribution in [2.24, 2.45) is 0 Å². The Morgan fingerprint density at radius 1 is 1.17 bits per heavy atom. The van der Waals surface area contributed by atoms with Crippen molar-refractivity contribution in [3.63, 3.8) is 0 Å². The molecule has 0 atom stereocenters. The van der Waals surface area contributed by atoms with Crippen molar-refractivity contribution in [3.05, 3.63) is 53.6 Å². The Morgan fingerprint density at radius 2 is 1.88 bits per heavy atom. The summed E-state index contributed by atoms with van der Waals surface area (Å²) in [4.78, 5) is 28.1. The standard InChI is InChI=1S/C19H21N3O2/c1-4-22-17-10-7-15(11-14(17)12-18(22)23)20-19(24)13-5-8-16(9-6-13)21(2)3/h5-11H,4,12H2,1-3H3,(H,20,24). The number of hydrogen-bond acceptors (Lipinski definition) is 3. The van der Waals surface area contributed by atoms with Crippen molar-refractivity contribution in [1.29, 1.82) is 0 Å². The highest BCUT2D eigenvalue weighted by Gasteiger charge is 2.26. The molecule has 24 heavy (non-hydrogen) atoms. The Hall–Kier alpha value is -2.82. The van der Waals surface area contributed by atoms with Crippen LogP contribution in [-0.4, -0.2) is 32.5 Å². The van der Waals surface area contributed by atoms with E-state index in [0.29, 0.717) is 24.2 Å². The van der Waals surface area contributed by atoms with Gasteiger partial charge >= 0.3 is 0 Å². The lowest BCUT2D eigenvalue weighted by molar-refractivity contribution is -0.117. The smallest absolute Gasteiger partial charge is 0.255 e. The molecule has 0 spiro atoms. The van der Waals surface area contributed by atoms with E-state index in [1.165, 1.54) is 0 Å². The number of nitrogens with one attached hydrogen (secondary N) is 1. The van der Waals surface area contributed by atoms with Crippen LogP contribution in [0.1, 0.15) is 22.8 Å². The first kappa shape index (κ1) is 16.1. The summed E-state index contributed by atoms with van der Waals surface area (Å²) in [7, 11) is 3.92. The Kier molecular flexibility index (Phi) is 4.25. The molecule has 124 valence electrons. The lowest BCUT2D eigenvalue weighted by atomic mass is 10.1. The quantitative estimate of drug-likeness (QED) is 0.941. The van der Waals surface area contributed by atoms with E-state index in [1.807, 2.05) is 56.3 Å². The fourth-order valence-corrected chi connectivity index (χ4v) is 2.92. The zero-order valence-corrected chi connectivity index (χ0v) is 14.2. The van der Waals surface area contributed by atoms with Crippen LogP contribution in [-0.2, 0) is 11.2 Å². The topological polar surface area (TPSA) is 52.7 Å². The number of hydrogen-bond donors (Lipinski definition) is 1. The highest BCUT2D eigenvalue weighted by molar-refractivity contribution is 6.06. The molecule has 2 aromatic rings. The summed E-state index contributed by atoms with van der Waals surface area (Å²) in [5.41, 5.74) is 4.26. The minimum absolute atomic E-state index is 0.107. The fraction of sp³-hybridized carbons (Fsp3) is 0.263. The van der Waals surface area contributed by atoms with Crippen LogP contribution in [0.15, 0.2) is 42.5 Å². The van der Waals surface area contributed by atoms with Crippen LogP contribution in [0, 0.1) is 0 Å². The average Bonchev–Trinajstić information content (AvgIpc) is 2.89. The van der Waals surface area contributed by atoms with Crippen LogP contribution < -0.4 is 15.1 Å². The number of rotatable bonds is 4. The van der Waals surface area contributed by atoms with Crippen LogP contribution in [0.4, 0.5) is 17.1 Å². The van der Waals surface area contributed by atoms with Crippen molar-refractivity contribution in [2.75, 3.05) is 35.8 Å². The van der Waals surface area contributed by atoms with Crippen LogP contribution in [0.2, 0.25) is 0 Å². The Balaban J connectivity index is 1.76. The molecule has 1 heterocycles. The molecule has 1 aliphatic heterocycles. The van der Waals surface area contributed by atoms with Crippen molar-refractivity contribution in [2.45, 2.75) is 13.3 Å². The molecule has 3 rings (SSSR count). The predicted octanol–water partition coefficient (Wildman–Crippen LogP) is 2.91. The summed E-state index contributed by atoms with van der Waals surface area (Å²) in [5, 5.41) is 2.90. The number of amides is 2. The molecule has 0 radical (unpaired) electrons. The van der Waals surface area contributed by atoms with Gasteiger partial charge in [0, 0.05) is 43.3 Å². The van der Waals surface area contributed by atoms with E-state index in [4.69, 9.17) is 0 Å². The minimum atomic E-state index is -0.156. The first-order chi connectivity index (χ1) is 11.5. The van der Waals surface area contributed by atoms with E-state index in [0.717, 1.165) is 16.9 Å². The number of fused-ring (bicyclic) bond motifs is 1. The summed E-state index contributed by atoms with van der Waals surface area (Å²) in [6, 6.07) is 13.1. The highest BCUT2D eigenvalue weighted by atomic mass is 16.2. The molecule has 0 saturated carbocycles. The Bertz CT molecular complexity index is 782. The molecule has 1 aliphatic rings. The summed E-state index contributed by atoms with van der Waals surface area (Å²) >= 11 is 0. The summed E-state index contributed by atoms with van der Waals surface area (Å²) in [5.74, 6) is -0.0489. The van der Waals surface area contributed by atoms with Gasteiger partial charge in [-0.25, -0.2) is 0 Å². The third kappa shape index (κ3) is 2.97. The maximum absolute atomic E-state index is 12.4. The normalized spacial score (nSPS) is 13.0. The largest absolute Gasteiger partial charge is 0.378 e. The molecule has 0 aliphatic carbocycles. The van der Waals surface area contributed by atoms with Crippen LogP contribution in [0.5, 0.6) is 0 Å². The van der Waals surface area contributed by atoms with Crippen LogP contribution in [0.3, 0.4) is 0 Å². The molecule has 0 saturated heterocycles. The average molecular weight is 323 g/mol. The number of nitrogens with zero attached hydrogens (tertiary/aromatic N) is 2. The molecule has 0 bridgehead atoms. The van der Waals surface area contributed by atoms with Gasteiger partial charge in [-0.2, -0.15) is 0 Å². The number of carbonyl (C=O) groups excluding carboxylic acids is 2. The predicted molar refractivity (Wildman–Crippen MR) is 96.9 cm³/mol. The van der Waals surface area contributed by atoms with Gasteiger partial charge in [0.1, 0.15) is 0 Å². The second kappa shape index (κ2) is 6.35.